The molecule has 0 amide bonds. The van der Waals surface area contributed by atoms with Gasteiger partial charge < -0.3 is 10.6 Å². The van der Waals surface area contributed by atoms with Crippen LogP contribution in [0.25, 0.3) is 0 Å². The van der Waals surface area contributed by atoms with Crippen LogP contribution in [0.15, 0.2) is 30.5 Å². The molecule has 0 saturated heterocycles. The van der Waals surface area contributed by atoms with Crippen LogP contribution < -0.4 is 10.6 Å². The third kappa shape index (κ3) is 2.96. The van der Waals surface area contributed by atoms with Gasteiger partial charge in [0.25, 0.3) is 0 Å². The van der Waals surface area contributed by atoms with Crippen molar-refractivity contribution in [3.8, 4) is 0 Å². The number of hydrogen-bond donors (Lipinski definition) is 2. The topological polar surface area (TPSA) is 49.8 Å². The Kier molecular flexibility index (Phi) is 3.92. The van der Waals surface area contributed by atoms with Crippen molar-refractivity contribution in [2.75, 3.05) is 12.4 Å². The molecule has 0 unspecified atom stereocenters. The van der Waals surface area contributed by atoms with Crippen LogP contribution in [-0.4, -0.2) is 17.0 Å². The van der Waals surface area contributed by atoms with E-state index in [1.165, 1.54) is 36.0 Å². The fourth-order valence-electron chi connectivity index (χ4n) is 2.67. The van der Waals surface area contributed by atoms with Gasteiger partial charge in [0.15, 0.2) is 0 Å². The highest BCUT2D eigenvalue weighted by Crippen LogP contribution is 2.23. The minimum absolute atomic E-state index is 0.689. The highest BCUT2D eigenvalue weighted by Gasteiger charge is 2.10. The molecule has 4 nitrogen and oxygen atoms in total. The molecule has 0 atom stereocenters. The predicted octanol–water partition coefficient (Wildman–Crippen LogP) is 2.30. The number of aromatic nitrogens is 2. The summed E-state index contributed by atoms with van der Waals surface area (Å²) in [5.74, 6) is 1.69. The molecule has 0 bridgehead atoms. The van der Waals surface area contributed by atoms with Crippen LogP contribution in [0, 0.1) is 0 Å². The van der Waals surface area contributed by atoms with E-state index in [2.05, 4.69) is 38.8 Å². The van der Waals surface area contributed by atoms with E-state index < -0.39 is 0 Å². The zero-order valence-electron chi connectivity index (χ0n) is 11.8. The van der Waals surface area contributed by atoms with Gasteiger partial charge in [-0.1, -0.05) is 18.2 Å². The standard InChI is InChI=1S/C16H20N4/c1-17-11-16-18-8-7-15(20-16)19-10-12-5-6-13-3-2-4-14(13)9-12/h5-9,17H,2-4,10-11H2,1H3,(H,18,19,20). The van der Waals surface area contributed by atoms with E-state index in [1.54, 1.807) is 6.20 Å². The van der Waals surface area contributed by atoms with Crippen molar-refractivity contribution in [2.45, 2.75) is 32.4 Å². The van der Waals surface area contributed by atoms with Gasteiger partial charge in [-0.2, -0.15) is 0 Å². The number of fused-ring (bicyclic) bond motifs is 1. The predicted molar refractivity (Wildman–Crippen MR) is 80.6 cm³/mol. The van der Waals surface area contributed by atoms with E-state index in [0.717, 1.165) is 18.2 Å². The lowest BCUT2D eigenvalue weighted by Gasteiger charge is -2.08. The molecule has 0 radical (unpaired) electrons. The second-order valence-corrected chi connectivity index (χ2v) is 5.20. The lowest BCUT2D eigenvalue weighted by Crippen LogP contribution is -2.10. The first-order chi connectivity index (χ1) is 9.85. The second-order valence-electron chi connectivity index (χ2n) is 5.20. The normalized spacial score (nSPS) is 13.2. The lowest BCUT2D eigenvalue weighted by atomic mass is 10.1. The summed E-state index contributed by atoms with van der Waals surface area (Å²) in [6, 6.07) is 8.72. The van der Waals surface area contributed by atoms with Gasteiger partial charge in [0.1, 0.15) is 11.6 Å². The smallest absolute Gasteiger partial charge is 0.144 e. The molecule has 4 heteroatoms. The maximum atomic E-state index is 4.47. The van der Waals surface area contributed by atoms with Crippen molar-refractivity contribution in [3.63, 3.8) is 0 Å². The molecule has 20 heavy (non-hydrogen) atoms. The number of anilines is 1. The first kappa shape index (κ1) is 13.1. The van der Waals surface area contributed by atoms with Crippen molar-refractivity contribution in [3.05, 3.63) is 53.0 Å². The number of rotatable bonds is 5. The van der Waals surface area contributed by atoms with E-state index in [0.29, 0.717) is 6.54 Å². The third-order valence-corrected chi connectivity index (χ3v) is 3.68. The quantitative estimate of drug-likeness (QED) is 0.873. The Hall–Kier alpha value is -1.94. The largest absolute Gasteiger partial charge is 0.366 e. The zero-order valence-corrected chi connectivity index (χ0v) is 11.8. The fraction of sp³-hybridized carbons (Fsp3) is 0.375. The highest BCUT2D eigenvalue weighted by molar-refractivity contribution is 5.38. The molecular formula is C16H20N4. The molecule has 1 aromatic carbocycles. The molecule has 0 spiro atoms. The van der Waals surface area contributed by atoms with E-state index >= 15 is 0 Å². The fourth-order valence-corrected chi connectivity index (χ4v) is 2.67. The molecule has 2 N–H and O–H groups in total. The molecule has 0 fully saturated rings. The Morgan fingerprint density at radius 1 is 1.10 bits per heavy atom. The van der Waals surface area contributed by atoms with Crippen molar-refractivity contribution in [1.82, 2.24) is 15.3 Å². The molecule has 1 aromatic heterocycles. The van der Waals surface area contributed by atoms with Gasteiger partial charge in [0, 0.05) is 12.7 Å². The van der Waals surface area contributed by atoms with Gasteiger partial charge in [-0.3, -0.25) is 0 Å². The third-order valence-electron chi connectivity index (χ3n) is 3.68. The van der Waals surface area contributed by atoms with Gasteiger partial charge >= 0.3 is 0 Å². The van der Waals surface area contributed by atoms with Gasteiger partial charge in [-0.05, 0) is 49.1 Å². The number of nitrogens with one attached hydrogen (secondary N) is 2. The first-order valence-corrected chi connectivity index (χ1v) is 7.16. The molecule has 1 heterocycles. The Morgan fingerprint density at radius 2 is 2.00 bits per heavy atom. The maximum absolute atomic E-state index is 4.47. The van der Waals surface area contributed by atoms with E-state index in [4.69, 9.17) is 0 Å². The number of nitrogens with zero attached hydrogens (tertiary/aromatic N) is 2. The summed E-state index contributed by atoms with van der Waals surface area (Å²) in [4.78, 5) is 8.68. The molecule has 3 rings (SSSR count). The summed E-state index contributed by atoms with van der Waals surface area (Å²) < 4.78 is 0. The molecule has 1 aliphatic rings. The summed E-state index contributed by atoms with van der Waals surface area (Å²) in [5.41, 5.74) is 4.36. The van der Waals surface area contributed by atoms with Gasteiger partial charge in [-0.25, -0.2) is 9.97 Å². The molecular weight excluding hydrogens is 248 g/mol. The molecule has 2 aromatic rings. The van der Waals surface area contributed by atoms with Crippen LogP contribution >= 0.6 is 0 Å². The molecule has 0 aliphatic heterocycles. The van der Waals surface area contributed by atoms with Crippen molar-refractivity contribution < 1.29 is 0 Å². The molecule has 1 aliphatic carbocycles. The second kappa shape index (κ2) is 6.01. The average molecular weight is 268 g/mol. The summed E-state index contributed by atoms with van der Waals surface area (Å²) in [6.45, 7) is 1.50. The van der Waals surface area contributed by atoms with Crippen molar-refractivity contribution >= 4 is 5.82 Å². The minimum Gasteiger partial charge on any atom is -0.366 e. The summed E-state index contributed by atoms with van der Waals surface area (Å²) in [6.07, 6.45) is 5.56. The molecule has 0 saturated carbocycles. The maximum Gasteiger partial charge on any atom is 0.144 e. The molecule has 104 valence electrons. The van der Waals surface area contributed by atoms with Crippen LogP contribution in [0.4, 0.5) is 5.82 Å². The van der Waals surface area contributed by atoms with Crippen LogP contribution in [0.5, 0.6) is 0 Å². The Morgan fingerprint density at radius 3 is 2.90 bits per heavy atom. The van der Waals surface area contributed by atoms with E-state index in [9.17, 15) is 0 Å². The summed E-state index contributed by atoms with van der Waals surface area (Å²) in [5, 5.41) is 6.43. The Bertz CT molecular complexity index is 595. The summed E-state index contributed by atoms with van der Waals surface area (Å²) >= 11 is 0. The van der Waals surface area contributed by atoms with Crippen LogP contribution in [0.3, 0.4) is 0 Å². The van der Waals surface area contributed by atoms with Crippen LogP contribution in [-0.2, 0) is 25.9 Å². The number of aryl methyl sites for hydroxylation is 2. The Labute approximate surface area is 119 Å². The van der Waals surface area contributed by atoms with Crippen molar-refractivity contribution in [1.29, 1.82) is 0 Å². The van der Waals surface area contributed by atoms with Crippen molar-refractivity contribution in [2.24, 2.45) is 0 Å². The van der Waals surface area contributed by atoms with Gasteiger partial charge in [-0.15, -0.1) is 0 Å². The average Bonchev–Trinajstić information content (AvgIpc) is 2.93. The monoisotopic (exact) mass is 268 g/mol. The van der Waals surface area contributed by atoms with E-state index in [-0.39, 0.29) is 0 Å². The zero-order chi connectivity index (χ0) is 13.8. The first-order valence-electron chi connectivity index (χ1n) is 7.16. The number of benzene rings is 1. The number of hydrogen-bond acceptors (Lipinski definition) is 4. The summed E-state index contributed by atoms with van der Waals surface area (Å²) in [7, 11) is 1.90. The van der Waals surface area contributed by atoms with Gasteiger partial charge in [0.05, 0.1) is 6.54 Å². The van der Waals surface area contributed by atoms with Crippen LogP contribution in [0.2, 0.25) is 0 Å². The lowest BCUT2D eigenvalue weighted by molar-refractivity contribution is 0.758. The van der Waals surface area contributed by atoms with E-state index in [1.807, 2.05) is 13.1 Å². The minimum atomic E-state index is 0.689. The van der Waals surface area contributed by atoms with Crippen LogP contribution in [0.1, 0.15) is 28.9 Å². The SMILES string of the molecule is CNCc1nccc(NCc2ccc3c(c2)CCC3)n1. The Balaban J connectivity index is 1.65. The highest BCUT2D eigenvalue weighted by atomic mass is 15.0. The van der Waals surface area contributed by atoms with Gasteiger partial charge in [0.2, 0.25) is 0 Å².